The van der Waals surface area contributed by atoms with Gasteiger partial charge in [-0.3, -0.25) is 19.2 Å². The number of carboxylic acid groups (broad SMARTS) is 1. The molecule has 10 nitrogen and oxygen atoms in total. The molecule has 5 atom stereocenters. The number of thioether (sulfide) groups is 1. The Kier molecular flexibility index (Phi) is 11.7. The van der Waals surface area contributed by atoms with Crippen LogP contribution in [0.3, 0.4) is 0 Å². The summed E-state index contributed by atoms with van der Waals surface area (Å²) >= 11 is 1.45. The van der Waals surface area contributed by atoms with Crippen molar-refractivity contribution < 1.29 is 29.4 Å². The van der Waals surface area contributed by atoms with Crippen LogP contribution in [0.4, 0.5) is 0 Å². The van der Waals surface area contributed by atoms with E-state index >= 15 is 0 Å². The number of aliphatic hydroxyl groups excluding tert-OH is 1. The van der Waals surface area contributed by atoms with Crippen LogP contribution < -0.4 is 21.7 Å². The minimum atomic E-state index is -1.34. The van der Waals surface area contributed by atoms with Gasteiger partial charge in [0.25, 0.3) is 0 Å². The molecule has 0 heterocycles. The lowest BCUT2D eigenvalue weighted by Crippen LogP contribution is -2.59. The normalized spacial score (nSPS) is 15.5. The highest BCUT2D eigenvalue weighted by Crippen LogP contribution is 2.05. The number of carboxylic acids is 1. The Hall–Kier alpha value is -2.63. The van der Waals surface area contributed by atoms with E-state index in [4.69, 9.17) is 10.8 Å². The van der Waals surface area contributed by atoms with Gasteiger partial charge in [0.1, 0.15) is 18.1 Å². The van der Waals surface area contributed by atoms with Gasteiger partial charge in [-0.25, -0.2) is 0 Å². The number of carbonyl (C=O) groups is 4. The van der Waals surface area contributed by atoms with Crippen molar-refractivity contribution in [3.63, 3.8) is 0 Å². The number of hydrogen-bond donors (Lipinski definition) is 6. The Morgan fingerprint density at radius 3 is 2.16 bits per heavy atom. The van der Waals surface area contributed by atoms with E-state index in [2.05, 4.69) is 16.0 Å². The summed E-state index contributed by atoms with van der Waals surface area (Å²) in [6.45, 7) is 2.64. The van der Waals surface area contributed by atoms with Crippen molar-refractivity contribution in [3.8, 4) is 0 Å². The van der Waals surface area contributed by atoms with Crippen molar-refractivity contribution in [1.29, 1.82) is 0 Å². The Morgan fingerprint density at radius 1 is 1.00 bits per heavy atom. The summed E-state index contributed by atoms with van der Waals surface area (Å²) in [6, 6.07) is 4.65. The quantitative estimate of drug-likeness (QED) is 0.219. The zero-order valence-corrected chi connectivity index (χ0v) is 19.2. The number of nitrogens with two attached hydrogens (primary N) is 1. The maximum Gasteiger partial charge on any atom is 0.325 e. The molecule has 1 aromatic carbocycles. The standard InChI is InChI=1S/C21H32N4O6S/c1-12(21(30)31)23-19(28)16(9-10-32-3)24-20(29)17(13(2)26)25-18(27)15(22)11-14-7-5-4-6-8-14/h4-8,12-13,15-17,26H,9-11,22H2,1-3H3,(H,23,28)(H,24,29)(H,25,27)(H,30,31). The number of nitrogens with one attached hydrogen (secondary N) is 3. The second-order valence-corrected chi connectivity index (χ2v) is 8.42. The van der Waals surface area contributed by atoms with Crippen LogP contribution in [0.25, 0.3) is 0 Å². The van der Waals surface area contributed by atoms with Gasteiger partial charge in [-0.1, -0.05) is 30.3 Å². The minimum absolute atomic E-state index is 0.235. The van der Waals surface area contributed by atoms with Crippen LogP contribution in [0, 0.1) is 0 Å². The Morgan fingerprint density at radius 2 is 1.62 bits per heavy atom. The summed E-state index contributed by atoms with van der Waals surface area (Å²) in [5, 5.41) is 26.3. The molecule has 0 spiro atoms. The number of rotatable bonds is 13. The number of benzene rings is 1. The van der Waals surface area contributed by atoms with Crippen LogP contribution in [-0.2, 0) is 25.6 Å². The SMILES string of the molecule is CSCCC(NC(=O)C(NC(=O)C(N)Cc1ccccc1)C(C)O)C(=O)NC(C)C(=O)O. The van der Waals surface area contributed by atoms with Crippen LogP contribution in [0.2, 0.25) is 0 Å². The predicted molar refractivity (Wildman–Crippen MR) is 122 cm³/mol. The molecule has 0 saturated heterocycles. The lowest BCUT2D eigenvalue weighted by Gasteiger charge is -2.26. The van der Waals surface area contributed by atoms with E-state index in [0.29, 0.717) is 5.75 Å². The van der Waals surface area contributed by atoms with Gasteiger partial charge in [0, 0.05) is 0 Å². The molecule has 32 heavy (non-hydrogen) atoms. The summed E-state index contributed by atoms with van der Waals surface area (Å²) in [5.74, 6) is -2.76. The number of aliphatic hydroxyl groups is 1. The van der Waals surface area contributed by atoms with Gasteiger partial charge in [-0.05, 0) is 44.3 Å². The predicted octanol–water partition coefficient (Wildman–Crippen LogP) is -0.751. The fourth-order valence-electron chi connectivity index (χ4n) is 2.77. The highest BCUT2D eigenvalue weighted by atomic mass is 32.2. The van der Waals surface area contributed by atoms with Gasteiger partial charge in [0.15, 0.2) is 0 Å². The third-order valence-electron chi connectivity index (χ3n) is 4.67. The summed E-state index contributed by atoms with van der Waals surface area (Å²) in [7, 11) is 0. The van der Waals surface area contributed by atoms with Crippen molar-refractivity contribution >= 4 is 35.5 Å². The third kappa shape index (κ3) is 9.25. The molecule has 0 aliphatic heterocycles. The molecular formula is C21H32N4O6S. The summed E-state index contributed by atoms with van der Waals surface area (Å²) in [6.07, 6.45) is 1.04. The monoisotopic (exact) mass is 468 g/mol. The van der Waals surface area contributed by atoms with Crippen molar-refractivity contribution in [3.05, 3.63) is 35.9 Å². The van der Waals surface area contributed by atoms with Gasteiger partial charge in [-0.15, -0.1) is 0 Å². The Balaban J connectivity index is 2.83. The second kappa shape index (κ2) is 13.7. The van der Waals surface area contributed by atoms with Gasteiger partial charge < -0.3 is 31.9 Å². The molecule has 178 valence electrons. The molecule has 3 amide bonds. The molecule has 5 unspecified atom stereocenters. The maximum atomic E-state index is 12.8. The summed E-state index contributed by atoms with van der Waals surface area (Å²) < 4.78 is 0. The molecule has 1 aromatic rings. The van der Waals surface area contributed by atoms with Crippen molar-refractivity contribution in [1.82, 2.24) is 16.0 Å². The smallest absolute Gasteiger partial charge is 0.325 e. The van der Waals surface area contributed by atoms with Gasteiger partial charge >= 0.3 is 5.97 Å². The molecule has 0 aliphatic carbocycles. The molecule has 0 aromatic heterocycles. The van der Waals surface area contributed by atoms with E-state index in [0.717, 1.165) is 5.56 Å². The second-order valence-electron chi connectivity index (χ2n) is 7.43. The van der Waals surface area contributed by atoms with Crippen LogP contribution in [-0.4, -0.2) is 76.2 Å². The molecule has 0 aliphatic rings. The van der Waals surface area contributed by atoms with E-state index in [1.807, 2.05) is 36.6 Å². The number of hydrogen-bond acceptors (Lipinski definition) is 7. The van der Waals surface area contributed by atoms with Gasteiger partial charge in [0.05, 0.1) is 12.1 Å². The first-order chi connectivity index (χ1) is 15.1. The molecule has 11 heteroatoms. The van der Waals surface area contributed by atoms with Gasteiger partial charge in [0.2, 0.25) is 17.7 Å². The Labute approximate surface area is 191 Å². The molecule has 7 N–H and O–H groups in total. The fourth-order valence-corrected chi connectivity index (χ4v) is 3.24. The number of carbonyl (C=O) groups excluding carboxylic acids is 3. The van der Waals surface area contributed by atoms with E-state index in [9.17, 15) is 24.3 Å². The fraction of sp³-hybridized carbons (Fsp3) is 0.524. The first-order valence-electron chi connectivity index (χ1n) is 10.2. The number of aliphatic carboxylic acids is 1. The van der Waals surface area contributed by atoms with Gasteiger partial charge in [-0.2, -0.15) is 11.8 Å². The molecule has 0 radical (unpaired) electrons. The first-order valence-corrected chi connectivity index (χ1v) is 11.6. The average Bonchev–Trinajstić information content (AvgIpc) is 2.74. The van der Waals surface area contributed by atoms with E-state index in [1.54, 1.807) is 0 Å². The van der Waals surface area contributed by atoms with Crippen LogP contribution in [0.1, 0.15) is 25.8 Å². The lowest BCUT2D eigenvalue weighted by molar-refractivity contribution is -0.142. The van der Waals surface area contributed by atoms with E-state index in [-0.39, 0.29) is 12.8 Å². The molecule has 0 fully saturated rings. The highest BCUT2D eigenvalue weighted by Gasteiger charge is 2.31. The summed E-state index contributed by atoms with van der Waals surface area (Å²) in [5.41, 5.74) is 6.79. The first kappa shape index (κ1) is 27.4. The molecule has 0 bridgehead atoms. The van der Waals surface area contributed by atoms with Crippen LogP contribution >= 0.6 is 11.8 Å². The largest absolute Gasteiger partial charge is 0.480 e. The third-order valence-corrected chi connectivity index (χ3v) is 5.31. The zero-order valence-electron chi connectivity index (χ0n) is 18.4. The van der Waals surface area contributed by atoms with E-state index in [1.165, 1.54) is 25.6 Å². The van der Waals surface area contributed by atoms with Crippen molar-refractivity contribution in [2.45, 2.75) is 57.0 Å². The molecule has 1 rings (SSSR count). The minimum Gasteiger partial charge on any atom is -0.480 e. The lowest BCUT2D eigenvalue weighted by atomic mass is 10.0. The highest BCUT2D eigenvalue weighted by molar-refractivity contribution is 7.98. The van der Waals surface area contributed by atoms with Crippen molar-refractivity contribution in [2.24, 2.45) is 5.73 Å². The summed E-state index contributed by atoms with van der Waals surface area (Å²) in [4.78, 5) is 48.7. The van der Waals surface area contributed by atoms with E-state index < -0.39 is 54.0 Å². The molecular weight excluding hydrogens is 436 g/mol. The maximum absolute atomic E-state index is 12.8. The van der Waals surface area contributed by atoms with Crippen molar-refractivity contribution in [2.75, 3.05) is 12.0 Å². The Bertz CT molecular complexity index is 777. The van der Waals surface area contributed by atoms with Crippen LogP contribution in [0.5, 0.6) is 0 Å². The molecule has 0 saturated carbocycles. The zero-order chi connectivity index (χ0) is 24.3. The average molecular weight is 469 g/mol. The number of amides is 3. The topological polar surface area (TPSA) is 171 Å². The van der Waals surface area contributed by atoms with Crippen LogP contribution in [0.15, 0.2) is 30.3 Å².